The summed E-state index contributed by atoms with van der Waals surface area (Å²) in [4.78, 5) is 0. The number of nitrogens with one attached hydrogen (secondary N) is 1. The zero-order valence-electron chi connectivity index (χ0n) is 14.1. The van der Waals surface area contributed by atoms with Gasteiger partial charge in [-0.15, -0.1) is 0 Å². The van der Waals surface area contributed by atoms with Crippen molar-refractivity contribution in [3.8, 4) is 0 Å². The van der Waals surface area contributed by atoms with E-state index in [1.807, 2.05) is 0 Å². The summed E-state index contributed by atoms with van der Waals surface area (Å²) in [6, 6.07) is 11.0. The summed E-state index contributed by atoms with van der Waals surface area (Å²) in [6.07, 6.45) is 3.90. The molecule has 1 aromatic rings. The average Bonchev–Trinajstić information content (AvgIpc) is 2.36. The zero-order valence-corrected chi connectivity index (χ0v) is 14.1. The number of benzene rings is 1. The van der Waals surface area contributed by atoms with Crippen LogP contribution >= 0.6 is 0 Å². The van der Waals surface area contributed by atoms with Gasteiger partial charge in [0.05, 0.1) is 0 Å². The van der Waals surface area contributed by atoms with Crippen molar-refractivity contribution in [2.75, 3.05) is 13.1 Å². The van der Waals surface area contributed by atoms with Gasteiger partial charge in [0.1, 0.15) is 0 Å². The molecule has 0 radical (unpaired) electrons. The number of hydrogen-bond donors (Lipinski definition) is 1. The van der Waals surface area contributed by atoms with Crippen LogP contribution in [0, 0.1) is 11.3 Å². The Balaban J connectivity index is 2.51. The van der Waals surface area contributed by atoms with E-state index >= 15 is 0 Å². The summed E-state index contributed by atoms with van der Waals surface area (Å²) in [7, 11) is 0. The molecular formula is C19H33N. The summed E-state index contributed by atoms with van der Waals surface area (Å²) in [5.41, 5.74) is 1.93. The summed E-state index contributed by atoms with van der Waals surface area (Å²) >= 11 is 0. The molecule has 0 aliphatic heterocycles. The fourth-order valence-electron chi connectivity index (χ4n) is 2.54. The van der Waals surface area contributed by atoms with Gasteiger partial charge in [0, 0.05) is 6.54 Å². The van der Waals surface area contributed by atoms with E-state index in [9.17, 15) is 0 Å². The first-order valence-corrected chi connectivity index (χ1v) is 8.14. The van der Waals surface area contributed by atoms with E-state index in [0.29, 0.717) is 11.3 Å². The lowest BCUT2D eigenvalue weighted by Crippen LogP contribution is -2.25. The molecule has 1 unspecified atom stereocenters. The van der Waals surface area contributed by atoms with Crippen molar-refractivity contribution in [1.29, 1.82) is 0 Å². The van der Waals surface area contributed by atoms with E-state index in [0.717, 1.165) is 19.0 Å². The van der Waals surface area contributed by atoms with Crippen molar-refractivity contribution in [2.24, 2.45) is 11.3 Å². The molecule has 114 valence electrons. The van der Waals surface area contributed by atoms with Crippen LogP contribution in [0.3, 0.4) is 0 Å². The van der Waals surface area contributed by atoms with Crippen LogP contribution in [0.25, 0.3) is 0 Å². The topological polar surface area (TPSA) is 12.0 Å². The molecule has 0 aromatic heterocycles. The Morgan fingerprint density at radius 1 is 1.00 bits per heavy atom. The summed E-state index contributed by atoms with van der Waals surface area (Å²) in [6.45, 7) is 13.8. The summed E-state index contributed by atoms with van der Waals surface area (Å²) < 4.78 is 0. The monoisotopic (exact) mass is 275 g/mol. The SMILES string of the molecule is CC(C)CNCC(CCCC(C)(C)C)c1ccccc1. The van der Waals surface area contributed by atoms with E-state index in [2.05, 4.69) is 70.3 Å². The molecule has 1 atom stereocenters. The van der Waals surface area contributed by atoms with Crippen LogP contribution in [0.1, 0.15) is 65.4 Å². The molecule has 1 N–H and O–H groups in total. The Morgan fingerprint density at radius 2 is 1.65 bits per heavy atom. The molecule has 0 saturated heterocycles. The van der Waals surface area contributed by atoms with E-state index < -0.39 is 0 Å². The maximum atomic E-state index is 3.63. The molecule has 0 bridgehead atoms. The molecule has 0 spiro atoms. The highest BCUT2D eigenvalue weighted by atomic mass is 14.9. The highest BCUT2D eigenvalue weighted by Gasteiger charge is 2.14. The van der Waals surface area contributed by atoms with Crippen molar-refractivity contribution in [3.05, 3.63) is 35.9 Å². The predicted octanol–water partition coefficient (Wildman–Crippen LogP) is 5.23. The molecule has 0 aliphatic rings. The molecule has 20 heavy (non-hydrogen) atoms. The van der Waals surface area contributed by atoms with Crippen LogP contribution in [-0.2, 0) is 0 Å². The third-order valence-corrected chi connectivity index (χ3v) is 3.69. The molecule has 0 aliphatic carbocycles. The molecule has 1 nitrogen and oxygen atoms in total. The van der Waals surface area contributed by atoms with Gasteiger partial charge >= 0.3 is 0 Å². The van der Waals surface area contributed by atoms with Crippen molar-refractivity contribution in [1.82, 2.24) is 5.32 Å². The van der Waals surface area contributed by atoms with Gasteiger partial charge in [-0.1, -0.05) is 71.4 Å². The van der Waals surface area contributed by atoms with Crippen LogP contribution in [0.4, 0.5) is 0 Å². The molecule has 0 amide bonds. The first-order valence-electron chi connectivity index (χ1n) is 8.14. The van der Waals surface area contributed by atoms with Gasteiger partial charge in [0.2, 0.25) is 0 Å². The zero-order chi connectivity index (χ0) is 15.0. The fraction of sp³-hybridized carbons (Fsp3) is 0.684. The quantitative estimate of drug-likeness (QED) is 0.685. The number of hydrogen-bond acceptors (Lipinski definition) is 1. The van der Waals surface area contributed by atoms with E-state index in [1.54, 1.807) is 0 Å². The van der Waals surface area contributed by atoms with Crippen LogP contribution < -0.4 is 5.32 Å². The third-order valence-electron chi connectivity index (χ3n) is 3.69. The highest BCUT2D eigenvalue weighted by molar-refractivity contribution is 5.19. The van der Waals surface area contributed by atoms with Crippen molar-refractivity contribution < 1.29 is 0 Å². The molecule has 0 saturated carbocycles. The van der Waals surface area contributed by atoms with Crippen LogP contribution in [-0.4, -0.2) is 13.1 Å². The predicted molar refractivity (Wildman–Crippen MR) is 90.2 cm³/mol. The minimum absolute atomic E-state index is 0.451. The Bertz CT molecular complexity index is 348. The van der Waals surface area contributed by atoms with Gasteiger partial charge in [0.25, 0.3) is 0 Å². The smallest absolute Gasteiger partial charge is 0.00202 e. The lowest BCUT2D eigenvalue weighted by molar-refractivity contribution is 0.349. The van der Waals surface area contributed by atoms with Gasteiger partial charge in [-0.25, -0.2) is 0 Å². The van der Waals surface area contributed by atoms with Crippen LogP contribution in [0.2, 0.25) is 0 Å². The van der Waals surface area contributed by atoms with E-state index in [1.165, 1.54) is 24.8 Å². The summed E-state index contributed by atoms with van der Waals surface area (Å²) in [5.74, 6) is 1.37. The minimum atomic E-state index is 0.451. The largest absolute Gasteiger partial charge is 0.316 e. The van der Waals surface area contributed by atoms with Gasteiger partial charge in [0.15, 0.2) is 0 Å². The number of rotatable bonds is 8. The van der Waals surface area contributed by atoms with Crippen molar-refractivity contribution in [2.45, 2.75) is 59.8 Å². The second kappa shape index (κ2) is 8.46. The minimum Gasteiger partial charge on any atom is -0.316 e. The standard InChI is InChI=1S/C19H33N/c1-16(2)14-20-15-18(12-9-13-19(3,4)5)17-10-7-6-8-11-17/h6-8,10-11,16,18,20H,9,12-15H2,1-5H3. The Kier molecular flexibility index (Phi) is 7.29. The molecular weight excluding hydrogens is 242 g/mol. The second-order valence-corrected chi connectivity index (χ2v) is 7.61. The van der Waals surface area contributed by atoms with Gasteiger partial charge < -0.3 is 5.32 Å². The molecule has 1 aromatic carbocycles. The van der Waals surface area contributed by atoms with Crippen molar-refractivity contribution >= 4 is 0 Å². The average molecular weight is 275 g/mol. The first-order chi connectivity index (χ1) is 9.38. The lowest BCUT2D eigenvalue weighted by Gasteiger charge is -2.22. The molecule has 0 fully saturated rings. The molecule has 0 heterocycles. The highest BCUT2D eigenvalue weighted by Crippen LogP contribution is 2.27. The van der Waals surface area contributed by atoms with Gasteiger partial charge in [-0.2, -0.15) is 0 Å². The normalized spacial score (nSPS) is 13.7. The lowest BCUT2D eigenvalue weighted by atomic mass is 9.86. The Morgan fingerprint density at radius 3 is 2.20 bits per heavy atom. The van der Waals surface area contributed by atoms with E-state index in [-0.39, 0.29) is 0 Å². The maximum Gasteiger partial charge on any atom is 0.00202 e. The Labute approximate surface area is 126 Å². The van der Waals surface area contributed by atoms with Crippen LogP contribution in [0.15, 0.2) is 30.3 Å². The fourth-order valence-corrected chi connectivity index (χ4v) is 2.54. The summed E-state index contributed by atoms with van der Waals surface area (Å²) in [5, 5.41) is 3.63. The Hall–Kier alpha value is -0.820. The van der Waals surface area contributed by atoms with Crippen molar-refractivity contribution in [3.63, 3.8) is 0 Å². The third kappa shape index (κ3) is 7.69. The van der Waals surface area contributed by atoms with Gasteiger partial charge in [-0.3, -0.25) is 0 Å². The molecule has 1 heteroatoms. The first kappa shape index (κ1) is 17.2. The molecule has 1 rings (SSSR count). The van der Waals surface area contributed by atoms with Gasteiger partial charge in [-0.05, 0) is 42.2 Å². The van der Waals surface area contributed by atoms with Crippen LogP contribution in [0.5, 0.6) is 0 Å². The maximum absolute atomic E-state index is 3.63. The van der Waals surface area contributed by atoms with E-state index in [4.69, 9.17) is 0 Å². The second-order valence-electron chi connectivity index (χ2n) is 7.61.